The summed E-state index contributed by atoms with van der Waals surface area (Å²) in [6.07, 6.45) is 0.554. The lowest BCUT2D eigenvalue weighted by Gasteiger charge is -2.33. The molecular weight excluding hydrogens is 607 g/mol. The Morgan fingerprint density at radius 2 is 1.92 bits per heavy atom. The predicted molar refractivity (Wildman–Crippen MR) is 139 cm³/mol. The summed E-state index contributed by atoms with van der Waals surface area (Å²) in [7, 11) is 0. The molecule has 37 heavy (non-hydrogen) atoms. The Labute approximate surface area is 220 Å². The van der Waals surface area contributed by atoms with Gasteiger partial charge in [-0.3, -0.25) is 4.79 Å². The topological polar surface area (TPSA) is 104 Å². The molecule has 0 spiro atoms. The molecule has 1 aliphatic carbocycles. The number of alkyl halides is 3. The summed E-state index contributed by atoms with van der Waals surface area (Å²) in [4.78, 5) is 22.3. The number of aromatic nitrogens is 2. The zero-order valence-electron chi connectivity index (χ0n) is 19.7. The number of piperidine rings is 1. The lowest BCUT2D eigenvalue weighted by molar-refractivity contribution is -0.274. The number of aromatic amines is 1. The number of hydrogen-bond acceptors (Lipinski definition) is 5. The van der Waals surface area contributed by atoms with Crippen molar-refractivity contribution < 1.29 is 30.5 Å². The minimum absolute atomic E-state index is 0.0974. The third kappa shape index (κ3) is 5.31. The van der Waals surface area contributed by atoms with Crippen molar-refractivity contribution in [3.8, 4) is 5.75 Å². The Balaban J connectivity index is 1.35. The fraction of sp³-hybridized carbons (Fsp3) is 0.400. The highest BCUT2D eigenvalue weighted by molar-refractivity contribution is 14.2. The summed E-state index contributed by atoms with van der Waals surface area (Å²) in [5, 5.41) is 0.821. The number of benzene rings is 1. The standard InChI is InChI=1S/C25H25F4IN4O3/c26-18-12-32-23-22(17-4-1-14(30-36)2-6-20(17)33-23)21(18)13-7-9-34(10-8-13)24(35)16-5-3-15(11-19(16)31)37-25(27,28)29/h3,5,11-13,36H,1-2,4,6-10,31H2,(H,32,33). The number of aryl methyl sites for hydroxylation is 2. The Kier molecular flexibility index (Phi) is 7.14. The predicted octanol–water partition coefficient (Wildman–Crippen LogP) is 5.13. The van der Waals surface area contributed by atoms with Gasteiger partial charge in [-0.1, -0.05) is 0 Å². The third-order valence-electron chi connectivity index (χ3n) is 7.10. The molecule has 0 unspecified atom stereocenters. The smallest absolute Gasteiger partial charge is 0.406 e. The second kappa shape index (κ2) is 10.2. The van der Waals surface area contributed by atoms with Gasteiger partial charge in [0.2, 0.25) is 0 Å². The van der Waals surface area contributed by atoms with Crippen molar-refractivity contribution in [3.63, 3.8) is 0 Å². The molecular formula is C25H25F4IN4O3. The number of fused-ring (bicyclic) bond motifs is 3. The van der Waals surface area contributed by atoms with Gasteiger partial charge in [0.25, 0.3) is 5.91 Å². The van der Waals surface area contributed by atoms with E-state index < -0.39 is 33.3 Å². The molecule has 0 saturated carbocycles. The van der Waals surface area contributed by atoms with Gasteiger partial charge in [0.1, 0.15) is 17.2 Å². The fourth-order valence-corrected chi connectivity index (χ4v) is 6.39. The molecule has 1 fully saturated rings. The van der Waals surface area contributed by atoms with E-state index in [4.69, 9.17) is 5.73 Å². The molecule has 198 valence electrons. The first-order valence-electron chi connectivity index (χ1n) is 11.9. The van der Waals surface area contributed by atoms with Gasteiger partial charge in [0.05, 0.1) is 11.8 Å². The van der Waals surface area contributed by atoms with Gasteiger partial charge in [0, 0.05) is 62.6 Å². The number of halogens is 5. The van der Waals surface area contributed by atoms with Crippen LogP contribution in [0, 0.1) is 5.82 Å². The summed E-state index contributed by atoms with van der Waals surface area (Å²) in [5.74, 6) is -1.37. The van der Waals surface area contributed by atoms with Crippen LogP contribution >= 0.6 is 21.1 Å². The van der Waals surface area contributed by atoms with Crippen LogP contribution in [0.5, 0.6) is 5.75 Å². The average molecular weight is 632 g/mol. The number of amides is 1. The van der Waals surface area contributed by atoms with E-state index in [-0.39, 0.29) is 28.9 Å². The van der Waals surface area contributed by atoms with Gasteiger partial charge in [0.15, 0.2) is 0 Å². The minimum Gasteiger partial charge on any atom is -0.406 e. The number of rotatable bonds is 3. The molecule has 3 heterocycles. The van der Waals surface area contributed by atoms with E-state index in [9.17, 15) is 21.4 Å². The van der Waals surface area contributed by atoms with E-state index in [1.54, 1.807) is 4.90 Å². The third-order valence-corrected chi connectivity index (χ3v) is 8.86. The van der Waals surface area contributed by atoms with Crippen LogP contribution in [0.25, 0.3) is 11.0 Å². The number of pyridine rings is 1. The molecule has 0 atom stereocenters. The summed E-state index contributed by atoms with van der Waals surface area (Å²) in [6, 6.07) is 3.27. The van der Waals surface area contributed by atoms with E-state index in [0.717, 1.165) is 54.5 Å². The number of carbonyl (C=O) groups excluding carboxylic acids is 1. The molecule has 2 aliphatic rings. The molecule has 1 aromatic carbocycles. The first-order valence-corrected chi connectivity index (χ1v) is 13.9. The molecule has 0 bridgehead atoms. The van der Waals surface area contributed by atoms with Crippen LogP contribution in [0.15, 0.2) is 24.4 Å². The number of likely N-dealkylation sites (tertiary alicyclic amines) is 1. The lowest BCUT2D eigenvalue weighted by atomic mass is 9.86. The number of hydrogen-bond donors (Lipinski definition) is 3. The molecule has 1 saturated heterocycles. The van der Waals surface area contributed by atoms with Gasteiger partial charge < -0.3 is 23.8 Å². The number of nitrogens with zero attached hydrogens (tertiary/aromatic N) is 2. The second-order valence-electron chi connectivity index (χ2n) is 9.29. The zero-order valence-corrected chi connectivity index (χ0v) is 21.8. The highest BCUT2D eigenvalue weighted by atomic mass is 127. The SMILES string of the molecule is Nc1cc(OC(F)(F)F)ccc1C(=O)N1CCC(c2c(F)cnc3[nH]c4c(c23)CCC(=IO)CC4)CC1. The van der Waals surface area contributed by atoms with Crippen LogP contribution in [-0.4, -0.2) is 47.2 Å². The van der Waals surface area contributed by atoms with E-state index >= 15 is 4.39 Å². The molecule has 0 radical (unpaired) electrons. The highest BCUT2D eigenvalue weighted by Crippen LogP contribution is 2.39. The molecule has 7 nitrogen and oxygen atoms in total. The molecule has 3 aromatic rings. The van der Waals surface area contributed by atoms with Gasteiger partial charge >= 0.3 is 6.36 Å². The van der Waals surface area contributed by atoms with Gasteiger partial charge in [-0.15, -0.1) is 13.2 Å². The quantitative estimate of drug-likeness (QED) is 0.161. The van der Waals surface area contributed by atoms with Crippen LogP contribution in [0.2, 0.25) is 0 Å². The maximum atomic E-state index is 15.2. The lowest BCUT2D eigenvalue weighted by Crippen LogP contribution is -2.38. The van der Waals surface area contributed by atoms with Crippen molar-refractivity contribution >= 4 is 47.3 Å². The van der Waals surface area contributed by atoms with Crippen molar-refractivity contribution in [2.75, 3.05) is 18.8 Å². The summed E-state index contributed by atoms with van der Waals surface area (Å²) in [5.41, 5.74) is 9.25. The maximum absolute atomic E-state index is 15.2. The minimum atomic E-state index is -4.86. The Morgan fingerprint density at radius 1 is 1.19 bits per heavy atom. The van der Waals surface area contributed by atoms with E-state index in [1.807, 2.05) is 0 Å². The van der Waals surface area contributed by atoms with Gasteiger partial charge in [-0.25, -0.2) is 9.37 Å². The largest absolute Gasteiger partial charge is 0.573 e. The van der Waals surface area contributed by atoms with Crippen LogP contribution < -0.4 is 10.5 Å². The first kappa shape index (κ1) is 25.9. The number of carbonyl (C=O) groups is 1. The summed E-state index contributed by atoms with van der Waals surface area (Å²) < 4.78 is 67.4. The van der Waals surface area contributed by atoms with Gasteiger partial charge in [-0.2, -0.15) is 0 Å². The molecule has 4 N–H and O–H groups in total. The van der Waals surface area contributed by atoms with Crippen molar-refractivity contribution in [1.82, 2.24) is 14.9 Å². The normalized spacial score (nSPS) is 18.4. The fourth-order valence-electron chi connectivity index (χ4n) is 5.37. The van der Waals surface area contributed by atoms with Crippen molar-refractivity contribution in [3.05, 3.63) is 52.6 Å². The van der Waals surface area contributed by atoms with Crippen LogP contribution in [0.1, 0.15) is 58.8 Å². The van der Waals surface area contributed by atoms with Crippen LogP contribution in [-0.2, 0) is 12.8 Å². The summed E-state index contributed by atoms with van der Waals surface area (Å²) >= 11 is -0.920. The first-order chi connectivity index (χ1) is 17.6. The monoisotopic (exact) mass is 632 g/mol. The van der Waals surface area contributed by atoms with Gasteiger partial charge in [-0.05, 0) is 65.6 Å². The molecule has 12 heteroatoms. The van der Waals surface area contributed by atoms with Crippen molar-refractivity contribution in [2.45, 2.75) is 50.8 Å². The van der Waals surface area contributed by atoms with Crippen molar-refractivity contribution in [1.29, 1.82) is 0 Å². The molecule has 1 aliphatic heterocycles. The number of nitrogen functional groups attached to an aromatic ring is 1. The number of nitrogens with one attached hydrogen (secondary N) is 1. The average Bonchev–Trinajstić information content (AvgIpc) is 3.07. The van der Waals surface area contributed by atoms with Crippen molar-refractivity contribution in [2.24, 2.45) is 0 Å². The molecule has 5 rings (SSSR count). The molecule has 2 aromatic heterocycles. The van der Waals surface area contributed by atoms with E-state index in [0.29, 0.717) is 37.1 Å². The maximum Gasteiger partial charge on any atom is 0.573 e. The zero-order chi connectivity index (χ0) is 26.3. The van der Waals surface area contributed by atoms with E-state index in [2.05, 4.69) is 14.7 Å². The number of nitrogens with two attached hydrogens (primary N) is 1. The second-order valence-corrected chi connectivity index (χ2v) is 11.3. The Bertz CT molecular complexity index is 1380. The highest BCUT2D eigenvalue weighted by Gasteiger charge is 2.33. The Morgan fingerprint density at radius 3 is 2.59 bits per heavy atom. The van der Waals surface area contributed by atoms with E-state index in [1.165, 1.54) is 15.8 Å². The Hall–Kier alpha value is -2.74. The van der Waals surface area contributed by atoms with Crippen LogP contribution in [0.4, 0.5) is 23.2 Å². The van der Waals surface area contributed by atoms with Crippen LogP contribution in [0.3, 0.4) is 0 Å². The molecule has 1 amide bonds. The number of H-pyrrole nitrogens is 1. The number of ether oxygens (including phenoxy) is 1. The summed E-state index contributed by atoms with van der Waals surface area (Å²) in [6.45, 7) is 0.707. The number of anilines is 1.